The van der Waals surface area contributed by atoms with Gasteiger partial charge >= 0.3 is 0 Å². The molecule has 0 aromatic carbocycles. The van der Waals surface area contributed by atoms with E-state index in [9.17, 15) is 9.90 Å². The number of carbonyl (C=O) groups is 1. The van der Waals surface area contributed by atoms with Crippen LogP contribution >= 0.6 is 0 Å². The van der Waals surface area contributed by atoms with Gasteiger partial charge in [0.15, 0.2) is 0 Å². The van der Waals surface area contributed by atoms with Crippen molar-refractivity contribution >= 4 is 5.97 Å². The first-order chi connectivity index (χ1) is 5.18. The number of aliphatic carboxylic acids is 1. The van der Waals surface area contributed by atoms with Crippen LogP contribution in [0.4, 0.5) is 0 Å². The molecule has 0 fully saturated rings. The van der Waals surface area contributed by atoms with E-state index in [4.69, 9.17) is 5.11 Å². The van der Waals surface area contributed by atoms with Crippen molar-refractivity contribution in [3.8, 4) is 0 Å². The highest BCUT2D eigenvalue weighted by atomic mass is 16.4. The average Bonchev–Trinajstić information content (AvgIpc) is 1.97. The maximum Gasteiger partial charge on any atom is 0.0933 e. The average molecular weight is 159 g/mol. The lowest BCUT2D eigenvalue weighted by molar-refractivity contribution is -0.315. The number of hydrogen-bond acceptors (Lipinski definition) is 3. The van der Waals surface area contributed by atoms with E-state index in [0.717, 1.165) is 25.7 Å². The summed E-state index contributed by atoms with van der Waals surface area (Å²) in [5.41, 5.74) is 0. The number of rotatable bonds is 6. The predicted molar refractivity (Wildman–Crippen MR) is 39.8 cm³/mol. The third-order valence-corrected chi connectivity index (χ3v) is 1.60. The number of aliphatic hydroxyl groups excluding tert-OH is 1. The molecule has 0 amide bonds. The second-order valence-corrected chi connectivity index (χ2v) is 2.68. The van der Waals surface area contributed by atoms with Crippen molar-refractivity contribution in [2.45, 2.75) is 45.1 Å². The van der Waals surface area contributed by atoms with Crippen LogP contribution in [0.1, 0.15) is 39.0 Å². The highest BCUT2D eigenvalue weighted by Gasteiger charge is 2.02. The van der Waals surface area contributed by atoms with E-state index >= 15 is 0 Å². The Morgan fingerprint density at radius 3 is 2.55 bits per heavy atom. The molecule has 0 bridgehead atoms. The highest BCUT2D eigenvalue weighted by Crippen LogP contribution is 2.04. The zero-order valence-corrected chi connectivity index (χ0v) is 6.88. The molecule has 0 unspecified atom stereocenters. The first-order valence-electron chi connectivity index (χ1n) is 4.07. The topological polar surface area (TPSA) is 60.4 Å². The van der Waals surface area contributed by atoms with Crippen molar-refractivity contribution in [2.75, 3.05) is 0 Å². The smallest absolute Gasteiger partial charge is 0.0933 e. The zero-order chi connectivity index (χ0) is 8.69. The van der Waals surface area contributed by atoms with Crippen LogP contribution in [0.25, 0.3) is 0 Å². The Labute approximate surface area is 67.0 Å². The molecule has 11 heavy (non-hydrogen) atoms. The van der Waals surface area contributed by atoms with E-state index in [1.165, 1.54) is 0 Å². The molecular formula is C8H15O3-. The Kier molecular flexibility index (Phi) is 5.84. The molecule has 0 spiro atoms. The Bertz CT molecular complexity index is 112. The maximum atomic E-state index is 10.0. The zero-order valence-electron chi connectivity index (χ0n) is 6.88. The summed E-state index contributed by atoms with van der Waals surface area (Å²) in [5.74, 6) is -1.36. The van der Waals surface area contributed by atoms with E-state index in [1.807, 2.05) is 0 Å². The quantitative estimate of drug-likeness (QED) is 0.558. The Balaban J connectivity index is 3.17. The molecule has 0 heterocycles. The first kappa shape index (κ1) is 10.4. The first-order valence-corrected chi connectivity index (χ1v) is 4.07. The molecule has 3 heteroatoms. The molecule has 0 aliphatic rings. The lowest BCUT2D eigenvalue weighted by Crippen LogP contribution is -2.35. The molecule has 0 aliphatic heterocycles. The molecule has 66 valence electrons. The number of aliphatic hydroxyl groups is 1. The van der Waals surface area contributed by atoms with Gasteiger partial charge in [-0.15, -0.1) is 0 Å². The normalized spacial score (nSPS) is 12.9. The van der Waals surface area contributed by atoms with Crippen molar-refractivity contribution in [1.29, 1.82) is 0 Å². The standard InChI is InChI=1S/C8H16O3/c1-2-3-4-5-6-7(9)8(10)11/h7,9H,2-6H2,1H3,(H,10,11)/p-1/t7-/m0/s1. The van der Waals surface area contributed by atoms with Crippen molar-refractivity contribution in [3.63, 3.8) is 0 Å². The molecule has 0 aromatic rings. The van der Waals surface area contributed by atoms with Crippen molar-refractivity contribution in [1.82, 2.24) is 0 Å². The predicted octanol–water partition coefficient (Wildman–Crippen LogP) is 0.0676. The van der Waals surface area contributed by atoms with Crippen LogP contribution in [-0.2, 0) is 4.79 Å². The number of carboxylic acids is 1. The van der Waals surface area contributed by atoms with E-state index < -0.39 is 12.1 Å². The summed E-state index contributed by atoms with van der Waals surface area (Å²) in [6.07, 6.45) is 3.01. The van der Waals surface area contributed by atoms with Crippen molar-refractivity contribution < 1.29 is 15.0 Å². The SMILES string of the molecule is CCCCCC[C@H](O)C(=O)[O-]. The van der Waals surface area contributed by atoms with E-state index in [-0.39, 0.29) is 0 Å². The van der Waals surface area contributed by atoms with Crippen LogP contribution in [0.15, 0.2) is 0 Å². The van der Waals surface area contributed by atoms with Gasteiger partial charge in [0.05, 0.1) is 12.1 Å². The summed E-state index contributed by atoms with van der Waals surface area (Å²) in [6, 6.07) is 0. The number of hydrogen-bond donors (Lipinski definition) is 1. The lowest BCUT2D eigenvalue weighted by Gasteiger charge is -2.09. The summed E-state index contributed by atoms with van der Waals surface area (Å²) < 4.78 is 0. The van der Waals surface area contributed by atoms with E-state index in [0.29, 0.717) is 6.42 Å². The van der Waals surface area contributed by atoms with Crippen LogP contribution in [0.5, 0.6) is 0 Å². The fourth-order valence-electron chi connectivity index (χ4n) is 0.882. The second-order valence-electron chi connectivity index (χ2n) is 2.68. The van der Waals surface area contributed by atoms with Crippen molar-refractivity contribution in [3.05, 3.63) is 0 Å². The Morgan fingerprint density at radius 1 is 1.45 bits per heavy atom. The number of unbranched alkanes of at least 4 members (excludes halogenated alkanes) is 3. The van der Waals surface area contributed by atoms with Gasteiger partial charge in [-0.1, -0.05) is 32.6 Å². The fraction of sp³-hybridized carbons (Fsp3) is 0.875. The molecule has 0 radical (unpaired) electrons. The van der Waals surface area contributed by atoms with Gasteiger partial charge in [0.2, 0.25) is 0 Å². The molecule has 0 saturated heterocycles. The van der Waals surface area contributed by atoms with E-state index in [2.05, 4.69) is 6.92 Å². The monoisotopic (exact) mass is 159 g/mol. The van der Waals surface area contributed by atoms with Crippen LogP contribution < -0.4 is 5.11 Å². The number of carbonyl (C=O) groups excluding carboxylic acids is 1. The largest absolute Gasteiger partial charge is 0.547 e. The molecule has 0 aliphatic carbocycles. The van der Waals surface area contributed by atoms with Crippen LogP contribution in [0.2, 0.25) is 0 Å². The van der Waals surface area contributed by atoms with Crippen LogP contribution in [0.3, 0.4) is 0 Å². The molecule has 0 saturated carbocycles. The molecular weight excluding hydrogens is 144 g/mol. The van der Waals surface area contributed by atoms with Gasteiger partial charge in [-0.25, -0.2) is 0 Å². The summed E-state index contributed by atoms with van der Waals surface area (Å²) in [6.45, 7) is 2.08. The summed E-state index contributed by atoms with van der Waals surface area (Å²) in [7, 11) is 0. The van der Waals surface area contributed by atoms with Crippen LogP contribution in [0, 0.1) is 0 Å². The minimum absolute atomic E-state index is 0.322. The van der Waals surface area contributed by atoms with Gasteiger partial charge in [0.1, 0.15) is 0 Å². The number of carboxylic acid groups (broad SMARTS) is 1. The molecule has 1 atom stereocenters. The molecule has 0 aromatic heterocycles. The second kappa shape index (κ2) is 6.16. The molecule has 1 N–H and O–H groups in total. The minimum atomic E-state index is -1.36. The fourth-order valence-corrected chi connectivity index (χ4v) is 0.882. The third kappa shape index (κ3) is 5.85. The third-order valence-electron chi connectivity index (χ3n) is 1.60. The summed E-state index contributed by atoms with van der Waals surface area (Å²) in [5, 5.41) is 18.8. The summed E-state index contributed by atoms with van der Waals surface area (Å²) in [4.78, 5) is 10.0. The lowest BCUT2D eigenvalue weighted by atomic mass is 10.1. The minimum Gasteiger partial charge on any atom is -0.547 e. The Hall–Kier alpha value is -0.570. The van der Waals surface area contributed by atoms with Gasteiger partial charge in [-0.3, -0.25) is 0 Å². The highest BCUT2D eigenvalue weighted by molar-refractivity contribution is 5.69. The van der Waals surface area contributed by atoms with Gasteiger partial charge in [-0.2, -0.15) is 0 Å². The van der Waals surface area contributed by atoms with E-state index in [1.54, 1.807) is 0 Å². The maximum absolute atomic E-state index is 10.0. The summed E-state index contributed by atoms with van der Waals surface area (Å²) >= 11 is 0. The van der Waals surface area contributed by atoms with Crippen LogP contribution in [-0.4, -0.2) is 17.2 Å². The van der Waals surface area contributed by atoms with Gasteiger partial charge < -0.3 is 15.0 Å². The molecule has 0 rings (SSSR count). The van der Waals surface area contributed by atoms with Crippen molar-refractivity contribution in [2.24, 2.45) is 0 Å². The molecule has 3 nitrogen and oxygen atoms in total. The van der Waals surface area contributed by atoms with Gasteiger partial charge in [0.25, 0.3) is 0 Å². The van der Waals surface area contributed by atoms with Gasteiger partial charge in [-0.05, 0) is 6.42 Å². The van der Waals surface area contributed by atoms with Gasteiger partial charge in [0, 0.05) is 0 Å². The Morgan fingerprint density at radius 2 is 2.09 bits per heavy atom.